The van der Waals surface area contributed by atoms with Gasteiger partial charge < -0.3 is 14.9 Å². The molecular weight excluding hydrogens is 244 g/mol. The Bertz CT molecular complexity index is 386. The maximum atomic E-state index is 12.3. The molecule has 0 aromatic rings. The molecule has 1 saturated heterocycles. The van der Waals surface area contributed by atoms with Gasteiger partial charge in [0, 0.05) is 19.6 Å². The number of hydrogen-bond donors (Lipinski definition) is 1. The monoisotopic (exact) mass is 266 g/mol. The Hall–Kier alpha value is -1.26. The van der Waals surface area contributed by atoms with Gasteiger partial charge in [-0.2, -0.15) is 0 Å². The van der Waals surface area contributed by atoms with Crippen LogP contribution in [0.15, 0.2) is 0 Å². The Morgan fingerprint density at radius 1 is 1.26 bits per heavy atom. The van der Waals surface area contributed by atoms with Crippen LogP contribution in [0.2, 0.25) is 0 Å². The molecule has 19 heavy (non-hydrogen) atoms. The van der Waals surface area contributed by atoms with Crippen LogP contribution >= 0.6 is 0 Å². The SMILES string of the molecule is CN1C(=O)N(C2CC(C(=O)O)C2)CC1C1CCCC1. The van der Waals surface area contributed by atoms with E-state index in [9.17, 15) is 9.59 Å². The summed E-state index contributed by atoms with van der Waals surface area (Å²) < 4.78 is 0. The summed E-state index contributed by atoms with van der Waals surface area (Å²) in [4.78, 5) is 26.9. The van der Waals surface area contributed by atoms with Gasteiger partial charge in [-0.3, -0.25) is 4.79 Å². The van der Waals surface area contributed by atoms with E-state index in [-0.39, 0.29) is 18.0 Å². The lowest BCUT2D eigenvalue weighted by Gasteiger charge is -2.38. The normalized spacial score (nSPS) is 35.8. The second-order valence-corrected chi connectivity index (χ2v) is 6.32. The van der Waals surface area contributed by atoms with Crippen LogP contribution in [-0.4, -0.2) is 52.6 Å². The molecule has 0 aromatic heterocycles. The molecule has 0 aromatic carbocycles. The maximum Gasteiger partial charge on any atom is 0.320 e. The average molecular weight is 266 g/mol. The van der Waals surface area contributed by atoms with Crippen LogP contribution < -0.4 is 0 Å². The Balaban J connectivity index is 1.62. The first kappa shape index (κ1) is 12.8. The van der Waals surface area contributed by atoms with E-state index in [1.807, 2.05) is 16.8 Å². The van der Waals surface area contributed by atoms with Gasteiger partial charge in [0.15, 0.2) is 0 Å². The molecule has 2 amide bonds. The fourth-order valence-corrected chi connectivity index (χ4v) is 3.90. The lowest BCUT2D eigenvalue weighted by atomic mass is 9.79. The van der Waals surface area contributed by atoms with E-state index >= 15 is 0 Å². The molecule has 1 atom stereocenters. The molecule has 2 aliphatic carbocycles. The summed E-state index contributed by atoms with van der Waals surface area (Å²) in [6, 6.07) is 0.604. The number of rotatable bonds is 3. The van der Waals surface area contributed by atoms with Gasteiger partial charge in [-0.15, -0.1) is 0 Å². The van der Waals surface area contributed by atoms with Gasteiger partial charge in [0.05, 0.1) is 12.0 Å². The number of hydrogen-bond acceptors (Lipinski definition) is 2. The summed E-state index contributed by atoms with van der Waals surface area (Å²) in [6.45, 7) is 0.803. The Morgan fingerprint density at radius 3 is 2.47 bits per heavy atom. The first-order chi connectivity index (χ1) is 9.08. The molecule has 3 fully saturated rings. The first-order valence-electron chi connectivity index (χ1n) is 7.34. The summed E-state index contributed by atoms with van der Waals surface area (Å²) in [7, 11) is 1.90. The largest absolute Gasteiger partial charge is 0.481 e. The van der Waals surface area contributed by atoms with Crippen LogP contribution in [0.1, 0.15) is 38.5 Å². The van der Waals surface area contributed by atoms with Gasteiger partial charge in [-0.05, 0) is 31.6 Å². The van der Waals surface area contributed by atoms with E-state index in [1.165, 1.54) is 25.7 Å². The van der Waals surface area contributed by atoms with Gasteiger partial charge in [0.2, 0.25) is 0 Å². The molecule has 2 saturated carbocycles. The number of amides is 2. The minimum Gasteiger partial charge on any atom is -0.481 e. The Morgan fingerprint density at radius 2 is 1.89 bits per heavy atom. The molecule has 5 heteroatoms. The van der Waals surface area contributed by atoms with Crippen molar-refractivity contribution < 1.29 is 14.7 Å². The van der Waals surface area contributed by atoms with E-state index in [0.717, 1.165) is 6.54 Å². The minimum atomic E-state index is -0.719. The predicted molar refractivity (Wildman–Crippen MR) is 69.8 cm³/mol. The summed E-state index contributed by atoms with van der Waals surface area (Å²) >= 11 is 0. The van der Waals surface area contributed by atoms with Crippen LogP contribution in [0.5, 0.6) is 0 Å². The van der Waals surface area contributed by atoms with Crippen molar-refractivity contribution in [3.8, 4) is 0 Å². The van der Waals surface area contributed by atoms with E-state index in [4.69, 9.17) is 5.11 Å². The van der Waals surface area contributed by atoms with Crippen molar-refractivity contribution in [2.24, 2.45) is 11.8 Å². The molecule has 106 valence electrons. The van der Waals surface area contributed by atoms with Crippen LogP contribution in [-0.2, 0) is 4.79 Å². The van der Waals surface area contributed by atoms with Gasteiger partial charge >= 0.3 is 12.0 Å². The van der Waals surface area contributed by atoms with Crippen molar-refractivity contribution in [3.05, 3.63) is 0 Å². The van der Waals surface area contributed by atoms with Crippen molar-refractivity contribution in [2.75, 3.05) is 13.6 Å². The van der Waals surface area contributed by atoms with Crippen LogP contribution in [0.4, 0.5) is 4.79 Å². The molecule has 1 unspecified atom stereocenters. The summed E-state index contributed by atoms with van der Waals surface area (Å²) in [5.41, 5.74) is 0. The number of carbonyl (C=O) groups is 2. The molecule has 3 rings (SSSR count). The van der Waals surface area contributed by atoms with Crippen LogP contribution in [0.3, 0.4) is 0 Å². The molecule has 0 radical (unpaired) electrons. The van der Waals surface area contributed by atoms with Crippen LogP contribution in [0.25, 0.3) is 0 Å². The molecule has 1 heterocycles. The number of nitrogens with zero attached hydrogens (tertiary/aromatic N) is 2. The molecular formula is C14H22N2O3. The van der Waals surface area contributed by atoms with Crippen molar-refractivity contribution in [1.29, 1.82) is 0 Å². The zero-order valence-electron chi connectivity index (χ0n) is 11.4. The van der Waals surface area contributed by atoms with E-state index in [0.29, 0.717) is 24.8 Å². The highest BCUT2D eigenvalue weighted by molar-refractivity contribution is 5.78. The van der Waals surface area contributed by atoms with Crippen molar-refractivity contribution in [3.63, 3.8) is 0 Å². The van der Waals surface area contributed by atoms with Crippen molar-refractivity contribution in [1.82, 2.24) is 9.80 Å². The fourth-order valence-electron chi connectivity index (χ4n) is 3.90. The van der Waals surface area contributed by atoms with E-state index in [1.54, 1.807) is 0 Å². The summed E-state index contributed by atoms with van der Waals surface area (Å²) in [5.74, 6) is -0.313. The van der Waals surface area contributed by atoms with Gasteiger partial charge in [0.1, 0.15) is 0 Å². The topological polar surface area (TPSA) is 60.9 Å². The minimum absolute atomic E-state index is 0.103. The number of carboxylic acid groups (broad SMARTS) is 1. The third kappa shape index (κ3) is 2.09. The van der Waals surface area contributed by atoms with Crippen molar-refractivity contribution in [2.45, 2.75) is 50.6 Å². The third-order valence-electron chi connectivity index (χ3n) is 5.28. The van der Waals surface area contributed by atoms with Gasteiger partial charge in [-0.25, -0.2) is 4.79 Å². The highest BCUT2D eigenvalue weighted by Gasteiger charge is 2.47. The van der Waals surface area contributed by atoms with E-state index < -0.39 is 5.97 Å². The summed E-state index contributed by atoms with van der Waals surface area (Å²) in [6.07, 6.45) is 6.30. The van der Waals surface area contributed by atoms with Crippen LogP contribution in [0, 0.1) is 11.8 Å². The van der Waals surface area contributed by atoms with Gasteiger partial charge in [0.25, 0.3) is 0 Å². The standard InChI is InChI=1S/C14H22N2O3/c1-15-12(9-4-2-3-5-9)8-16(14(15)19)11-6-10(7-11)13(17)18/h9-12H,2-8H2,1H3,(H,17,18). The molecule has 0 bridgehead atoms. The molecule has 0 spiro atoms. The highest BCUT2D eigenvalue weighted by atomic mass is 16.4. The zero-order chi connectivity index (χ0) is 13.6. The average Bonchev–Trinajstić information content (AvgIpc) is 2.90. The predicted octanol–water partition coefficient (Wildman–Crippen LogP) is 1.78. The fraction of sp³-hybridized carbons (Fsp3) is 0.857. The molecule has 3 aliphatic rings. The summed E-state index contributed by atoms with van der Waals surface area (Å²) in [5, 5.41) is 8.92. The molecule has 5 nitrogen and oxygen atoms in total. The zero-order valence-corrected chi connectivity index (χ0v) is 11.4. The van der Waals surface area contributed by atoms with Crippen molar-refractivity contribution >= 4 is 12.0 Å². The number of carboxylic acids is 1. The quantitative estimate of drug-likeness (QED) is 0.847. The number of aliphatic carboxylic acids is 1. The third-order valence-corrected chi connectivity index (χ3v) is 5.28. The second kappa shape index (κ2) is 4.69. The lowest BCUT2D eigenvalue weighted by molar-refractivity contribution is -0.146. The highest BCUT2D eigenvalue weighted by Crippen LogP contribution is 2.38. The molecule has 1 N–H and O–H groups in total. The first-order valence-corrected chi connectivity index (χ1v) is 7.34. The smallest absolute Gasteiger partial charge is 0.320 e. The Kier molecular flexibility index (Phi) is 3.15. The Labute approximate surface area is 113 Å². The lowest BCUT2D eigenvalue weighted by Crippen LogP contribution is -2.48. The number of urea groups is 1. The molecule has 1 aliphatic heterocycles. The number of likely N-dealkylation sites (N-methyl/N-ethyl adjacent to an activating group) is 1. The number of carbonyl (C=O) groups excluding carboxylic acids is 1. The van der Waals surface area contributed by atoms with E-state index in [2.05, 4.69) is 0 Å². The second-order valence-electron chi connectivity index (χ2n) is 6.32. The van der Waals surface area contributed by atoms with Gasteiger partial charge in [-0.1, -0.05) is 12.8 Å². The maximum absolute atomic E-state index is 12.3.